The Labute approximate surface area is 202 Å². The van der Waals surface area contributed by atoms with E-state index in [1.54, 1.807) is 17.0 Å². The van der Waals surface area contributed by atoms with E-state index < -0.39 is 6.04 Å². The van der Waals surface area contributed by atoms with Crippen molar-refractivity contribution in [1.82, 2.24) is 10.2 Å². The Morgan fingerprint density at radius 2 is 1.59 bits per heavy atom. The Morgan fingerprint density at radius 1 is 0.938 bits per heavy atom. The van der Waals surface area contributed by atoms with Crippen molar-refractivity contribution in [1.29, 1.82) is 0 Å². The molecule has 0 aliphatic heterocycles. The van der Waals surface area contributed by atoms with Gasteiger partial charge in [0.1, 0.15) is 6.04 Å². The molecule has 174 valence electrons. The molecule has 0 saturated carbocycles. The Morgan fingerprint density at radius 3 is 2.19 bits per heavy atom. The minimum Gasteiger partial charge on any atom is -0.354 e. The first-order chi connectivity index (χ1) is 15.4. The van der Waals surface area contributed by atoms with Gasteiger partial charge in [-0.3, -0.25) is 9.59 Å². The molecule has 0 saturated heterocycles. The smallest absolute Gasteiger partial charge is 0.242 e. The van der Waals surface area contributed by atoms with Crippen LogP contribution in [0.25, 0.3) is 0 Å². The van der Waals surface area contributed by atoms with Crippen LogP contribution in [0.5, 0.6) is 0 Å². The summed E-state index contributed by atoms with van der Waals surface area (Å²) in [6.45, 7) is 7.06. The number of aryl methyl sites for hydroxylation is 2. The first kappa shape index (κ1) is 26.2. The van der Waals surface area contributed by atoms with Crippen LogP contribution in [-0.4, -0.2) is 29.3 Å². The predicted molar refractivity (Wildman–Crippen MR) is 133 cm³/mol. The summed E-state index contributed by atoms with van der Waals surface area (Å²) >= 11 is 12.2. The number of rotatable bonds is 12. The maximum atomic E-state index is 13.3. The van der Waals surface area contributed by atoms with Crippen LogP contribution in [-0.2, 0) is 29.0 Å². The standard InChI is InChI=1S/C26H34Cl2N2O2/c1-4-7-16-29-26(32)24(6-3)30(18-21-12-14-22(27)23(28)17-21)25(31)15-13-20-10-8-19(5-2)9-11-20/h8-12,14,17,24H,4-7,13,15-16,18H2,1-3H3,(H,29,32)/t24-/m0/s1. The molecule has 2 amide bonds. The lowest BCUT2D eigenvalue weighted by Gasteiger charge is -2.31. The fraction of sp³-hybridized carbons (Fsp3) is 0.462. The van der Waals surface area contributed by atoms with E-state index in [2.05, 4.69) is 43.4 Å². The zero-order valence-corrected chi connectivity index (χ0v) is 20.8. The van der Waals surface area contributed by atoms with Crippen LogP contribution < -0.4 is 5.32 Å². The van der Waals surface area contributed by atoms with Crippen molar-refractivity contribution < 1.29 is 9.59 Å². The van der Waals surface area contributed by atoms with E-state index in [4.69, 9.17) is 23.2 Å². The molecule has 0 fully saturated rings. The van der Waals surface area contributed by atoms with Crippen molar-refractivity contribution in [3.63, 3.8) is 0 Å². The normalized spacial score (nSPS) is 11.8. The summed E-state index contributed by atoms with van der Waals surface area (Å²) in [5, 5.41) is 3.89. The summed E-state index contributed by atoms with van der Waals surface area (Å²) in [5.41, 5.74) is 3.24. The molecule has 0 bridgehead atoms. The van der Waals surface area contributed by atoms with Crippen molar-refractivity contribution in [3.8, 4) is 0 Å². The van der Waals surface area contributed by atoms with Gasteiger partial charge in [-0.05, 0) is 54.5 Å². The van der Waals surface area contributed by atoms with Crippen LogP contribution in [0.2, 0.25) is 10.0 Å². The monoisotopic (exact) mass is 476 g/mol. The largest absolute Gasteiger partial charge is 0.354 e. The summed E-state index contributed by atoms with van der Waals surface area (Å²) in [6.07, 6.45) is 4.41. The number of carbonyl (C=O) groups excluding carboxylic acids is 2. The molecule has 0 aromatic heterocycles. The van der Waals surface area contributed by atoms with Crippen LogP contribution in [0, 0.1) is 0 Å². The van der Waals surface area contributed by atoms with Crippen LogP contribution in [0.4, 0.5) is 0 Å². The maximum absolute atomic E-state index is 13.3. The second-order valence-corrected chi connectivity index (χ2v) is 8.82. The SMILES string of the molecule is CCCCNC(=O)[C@H](CC)N(Cc1ccc(Cl)c(Cl)c1)C(=O)CCc1ccc(CC)cc1. The van der Waals surface area contributed by atoms with E-state index in [1.807, 2.05) is 13.0 Å². The van der Waals surface area contributed by atoms with Gasteiger partial charge in [0.25, 0.3) is 0 Å². The minimum absolute atomic E-state index is 0.0480. The van der Waals surface area contributed by atoms with Gasteiger partial charge in [0.15, 0.2) is 0 Å². The van der Waals surface area contributed by atoms with Crippen molar-refractivity contribution in [2.75, 3.05) is 6.54 Å². The Hall–Kier alpha value is -2.04. The molecule has 0 radical (unpaired) electrons. The Bertz CT molecular complexity index is 884. The van der Waals surface area contributed by atoms with Crippen LogP contribution in [0.15, 0.2) is 42.5 Å². The third-order valence-corrected chi connectivity index (χ3v) is 6.35. The molecule has 0 heterocycles. The molecule has 1 N–H and O–H groups in total. The van der Waals surface area contributed by atoms with Crippen LogP contribution in [0.3, 0.4) is 0 Å². The first-order valence-electron chi connectivity index (χ1n) is 11.5. The highest BCUT2D eigenvalue weighted by Gasteiger charge is 2.28. The number of unbranched alkanes of at least 4 members (excludes halogenated alkanes) is 1. The highest BCUT2D eigenvalue weighted by Crippen LogP contribution is 2.24. The van der Waals surface area contributed by atoms with E-state index in [0.717, 1.165) is 30.4 Å². The molecule has 2 aromatic carbocycles. The number of benzene rings is 2. The van der Waals surface area contributed by atoms with Crippen LogP contribution >= 0.6 is 23.2 Å². The number of nitrogens with one attached hydrogen (secondary N) is 1. The predicted octanol–water partition coefficient (Wildman–Crippen LogP) is 6.21. The summed E-state index contributed by atoms with van der Waals surface area (Å²) in [5.74, 6) is -0.158. The zero-order chi connectivity index (χ0) is 23.5. The van der Waals surface area contributed by atoms with Gasteiger partial charge in [-0.15, -0.1) is 0 Å². The van der Waals surface area contributed by atoms with Crippen molar-refractivity contribution in [2.24, 2.45) is 0 Å². The summed E-state index contributed by atoms with van der Waals surface area (Å²) in [6, 6.07) is 13.1. The number of hydrogen-bond donors (Lipinski definition) is 1. The van der Waals surface area contributed by atoms with Crippen molar-refractivity contribution in [3.05, 3.63) is 69.2 Å². The zero-order valence-electron chi connectivity index (χ0n) is 19.3. The van der Waals surface area contributed by atoms with Gasteiger partial charge >= 0.3 is 0 Å². The highest BCUT2D eigenvalue weighted by atomic mass is 35.5. The molecule has 2 rings (SSSR count). The first-order valence-corrected chi connectivity index (χ1v) is 12.2. The van der Waals surface area contributed by atoms with Crippen LogP contribution in [0.1, 0.15) is 63.1 Å². The van der Waals surface area contributed by atoms with E-state index in [-0.39, 0.29) is 11.8 Å². The van der Waals surface area contributed by atoms with Gasteiger partial charge in [-0.2, -0.15) is 0 Å². The topological polar surface area (TPSA) is 49.4 Å². The second-order valence-electron chi connectivity index (χ2n) is 8.01. The molecule has 0 aliphatic rings. The van der Waals surface area contributed by atoms with Crippen molar-refractivity contribution >= 4 is 35.0 Å². The van der Waals surface area contributed by atoms with Gasteiger partial charge in [0.2, 0.25) is 11.8 Å². The van der Waals surface area contributed by atoms with E-state index in [1.165, 1.54) is 5.56 Å². The molecule has 0 unspecified atom stereocenters. The average Bonchev–Trinajstić information content (AvgIpc) is 2.80. The lowest BCUT2D eigenvalue weighted by molar-refractivity contribution is -0.141. The second kappa shape index (κ2) is 13.5. The number of hydrogen-bond acceptors (Lipinski definition) is 2. The van der Waals surface area contributed by atoms with Gasteiger partial charge in [-0.1, -0.05) is 80.7 Å². The number of carbonyl (C=O) groups is 2. The third kappa shape index (κ3) is 7.83. The van der Waals surface area contributed by atoms with Crippen molar-refractivity contribution in [2.45, 2.75) is 71.9 Å². The lowest BCUT2D eigenvalue weighted by atomic mass is 10.0. The van der Waals surface area contributed by atoms with E-state index >= 15 is 0 Å². The molecule has 2 aromatic rings. The van der Waals surface area contributed by atoms with Gasteiger partial charge < -0.3 is 10.2 Å². The van der Waals surface area contributed by atoms with Gasteiger partial charge in [-0.25, -0.2) is 0 Å². The minimum atomic E-state index is -0.531. The van der Waals surface area contributed by atoms with Gasteiger partial charge in [0.05, 0.1) is 10.0 Å². The molecular formula is C26H34Cl2N2O2. The average molecular weight is 477 g/mol. The molecule has 0 spiro atoms. The summed E-state index contributed by atoms with van der Waals surface area (Å²) in [4.78, 5) is 27.9. The molecule has 1 atom stereocenters. The number of halogens is 2. The molecular weight excluding hydrogens is 443 g/mol. The summed E-state index contributed by atoms with van der Waals surface area (Å²) < 4.78 is 0. The molecule has 0 aliphatic carbocycles. The fourth-order valence-electron chi connectivity index (χ4n) is 3.60. The van der Waals surface area contributed by atoms with E-state index in [0.29, 0.717) is 42.4 Å². The number of nitrogens with zero attached hydrogens (tertiary/aromatic N) is 1. The lowest BCUT2D eigenvalue weighted by Crippen LogP contribution is -2.49. The Kier molecular flexibility index (Phi) is 11.1. The highest BCUT2D eigenvalue weighted by molar-refractivity contribution is 6.42. The summed E-state index contributed by atoms with van der Waals surface area (Å²) in [7, 11) is 0. The molecule has 32 heavy (non-hydrogen) atoms. The molecule has 6 heteroatoms. The Balaban J connectivity index is 2.18. The quantitative estimate of drug-likeness (QED) is 0.370. The fourth-order valence-corrected chi connectivity index (χ4v) is 3.92. The van der Waals surface area contributed by atoms with Gasteiger partial charge in [0, 0.05) is 19.5 Å². The molecule has 4 nitrogen and oxygen atoms in total. The maximum Gasteiger partial charge on any atom is 0.242 e. The third-order valence-electron chi connectivity index (χ3n) is 5.61. The number of amides is 2. The van der Waals surface area contributed by atoms with E-state index in [9.17, 15) is 9.59 Å².